The van der Waals surface area contributed by atoms with Crippen molar-refractivity contribution in [2.45, 2.75) is 32.7 Å². The number of hydrogen-bond donors (Lipinski definition) is 1. The number of nitrogens with one attached hydrogen (secondary N) is 1. The van der Waals surface area contributed by atoms with Crippen molar-refractivity contribution in [2.75, 3.05) is 11.9 Å². The quantitative estimate of drug-likeness (QED) is 0.692. The second-order valence-corrected chi connectivity index (χ2v) is 7.72. The smallest absolute Gasteiger partial charge is 0.276 e. The standard InChI is InChI=1S/C23H25N3O3/c1-23(2,3)17-9-11-18(12-10-17)24-22(28)20-13-14-21(27)26(25-20)15-16-29-19-7-5-4-6-8-19/h4-14H,15-16H2,1-3H3,(H,24,28). The third kappa shape index (κ3) is 5.54. The lowest BCUT2D eigenvalue weighted by atomic mass is 9.87. The number of hydrogen-bond acceptors (Lipinski definition) is 4. The van der Waals surface area contributed by atoms with Gasteiger partial charge >= 0.3 is 0 Å². The summed E-state index contributed by atoms with van der Waals surface area (Å²) in [5.74, 6) is 0.347. The monoisotopic (exact) mass is 391 g/mol. The van der Waals surface area contributed by atoms with E-state index >= 15 is 0 Å². The topological polar surface area (TPSA) is 73.2 Å². The van der Waals surface area contributed by atoms with Crippen LogP contribution < -0.4 is 15.6 Å². The van der Waals surface area contributed by atoms with Crippen LogP contribution in [0.3, 0.4) is 0 Å². The van der Waals surface area contributed by atoms with Gasteiger partial charge in [-0.05, 0) is 41.3 Å². The average Bonchev–Trinajstić information content (AvgIpc) is 2.70. The van der Waals surface area contributed by atoms with Gasteiger partial charge in [0.1, 0.15) is 18.1 Å². The Labute approximate surface area is 170 Å². The minimum atomic E-state index is -0.369. The molecule has 6 heteroatoms. The fourth-order valence-electron chi connectivity index (χ4n) is 2.75. The summed E-state index contributed by atoms with van der Waals surface area (Å²) in [7, 11) is 0. The molecule has 0 aliphatic carbocycles. The number of benzene rings is 2. The van der Waals surface area contributed by atoms with Gasteiger partial charge in [0.2, 0.25) is 0 Å². The Morgan fingerprint density at radius 1 is 1.00 bits per heavy atom. The maximum Gasteiger partial charge on any atom is 0.276 e. The maximum atomic E-state index is 12.5. The van der Waals surface area contributed by atoms with Crippen LogP contribution in [-0.2, 0) is 12.0 Å². The second-order valence-electron chi connectivity index (χ2n) is 7.72. The first kappa shape index (κ1) is 20.3. The average molecular weight is 391 g/mol. The van der Waals surface area contributed by atoms with E-state index in [4.69, 9.17) is 4.74 Å². The van der Waals surface area contributed by atoms with Gasteiger partial charge in [0.15, 0.2) is 0 Å². The normalized spacial score (nSPS) is 11.1. The van der Waals surface area contributed by atoms with E-state index in [9.17, 15) is 9.59 Å². The number of nitrogens with zero attached hydrogens (tertiary/aromatic N) is 2. The summed E-state index contributed by atoms with van der Waals surface area (Å²) in [4.78, 5) is 24.6. The van der Waals surface area contributed by atoms with Crippen LogP contribution in [-0.4, -0.2) is 22.3 Å². The minimum absolute atomic E-state index is 0.0431. The van der Waals surface area contributed by atoms with Gasteiger partial charge < -0.3 is 10.1 Å². The van der Waals surface area contributed by atoms with Crippen molar-refractivity contribution >= 4 is 11.6 Å². The van der Waals surface area contributed by atoms with Crippen molar-refractivity contribution in [3.05, 3.63) is 88.3 Å². The molecule has 0 aliphatic rings. The molecule has 1 aromatic heterocycles. The number of aromatic nitrogens is 2. The molecule has 0 spiro atoms. The molecule has 2 aromatic carbocycles. The van der Waals surface area contributed by atoms with Crippen LogP contribution in [0.1, 0.15) is 36.8 Å². The molecule has 1 N–H and O–H groups in total. The third-order valence-electron chi connectivity index (χ3n) is 4.42. The molecule has 29 heavy (non-hydrogen) atoms. The summed E-state index contributed by atoms with van der Waals surface area (Å²) in [6.45, 7) is 6.92. The van der Waals surface area contributed by atoms with Crippen LogP contribution in [0.15, 0.2) is 71.5 Å². The zero-order valence-corrected chi connectivity index (χ0v) is 16.9. The molecule has 0 saturated heterocycles. The molecular formula is C23H25N3O3. The van der Waals surface area contributed by atoms with Gasteiger partial charge in [0, 0.05) is 11.8 Å². The molecule has 1 amide bonds. The highest BCUT2D eigenvalue weighted by molar-refractivity contribution is 6.02. The Hall–Kier alpha value is -3.41. The number of anilines is 1. The van der Waals surface area contributed by atoms with Gasteiger partial charge in [-0.25, -0.2) is 4.68 Å². The van der Waals surface area contributed by atoms with Gasteiger partial charge in [-0.15, -0.1) is 0 Å². The molecule has 3 aromatic rings. The van der Waals surface area contributed by atoms with Gasteiger partial charge in [0.05, 0.1) is 6.54 Å². The summed E-state index contributed by atoms with van der Waals surface area (Å²) in [5, 5.41) is 6.99. The molecule has 0 saturated carbocycles. The number of para-hydroxylation sites is 1. The van der Waals surface area contributed by atoms with Gasteiger partial charge in [-0.2, -0.15) is 5.10 Å². The summed E-state index contributed by atoms with van der Waals surface area (Å²) in [6, 6.07) is 19.8. The van der Waals surface area contributed by atoms with Crippen molar-refractivity contribution in [3.8, 4) is 5.75 Å². The van der Waals surface area contributed by atoms with E-state index in [1.54, 1.807) is 0 Å². The molecule has 0 unspecified atom stereocenters. The Kier molecular flexibility index (Phi) is 6.12. The van der Waals surface area contributed by atoms with E-state index < -0.39 is 0 Å². The zero-order valence-electron chi connectivity index (χ0n) is 16.9. The first-order chi connectivity index (χ1) is 13.8. The zero-order chi connectivity index (χ0) is 20.9. The maximum absolute atomic E-state index is 12.5. The summed E-state index contributed by atoms with van der Waals surface area (Å²) < 4.78 is 6.84. The lowest BCUT2D eigenvalue weighted by Gasteiger charge is -2.19. The van der Waals surface area contributed by atoms with E-state index in [0.29, 0.717) is 11.4 Å². The van der Waals surface area contributed by atoms with Crippen molar-refractivity contribution in [1.29, 1.82) is 0 Å². The first-order valence-corrected chi connectivity index (χ1v) is 9.51. The van der Waals surface area contributed by atoms with Crippen molar-refractivity contribution < 1.29 is 9.53 Å². The predicted octanol–water partition coefficient (Wildman–Crippen LogP) is 3.87. The Bertz CT molecular complexity index is 1020. The lowest BCUT2D eigenvalue weighted by Crippen LogP contribution is -2.28. The van der Waals surface area contributed by atoms with Crippen LogP contribution in [0.4, 0.5) is 5.69 Å². The number of carbonyl (C=O) groups is 1. The van der Waals surface area contributed by atoms with Crippen LogP contribution >= 0.6 is 0 Å². The molecule has 6 nitrogen and oxygen atoms in total. The van der Waals surface area contributed by atoms with Crippen LogP contribution in [0.25, 0.3) is 0 Å². The van der Waals surface area contributed by atoms with Crippen LogP contribution in [0.5, 0.6) is 5.75 Å². The number of amides is 1. The second kappa shape index (κ2) is 8.73. The summed E-state index contributed by atoms with van der Waals surface area (Å²) >= 11 is 0. The number of ether oxygens (including phenoxy) is 1. The van der Waals surface area contributed by atoms with Crippen molar-refractivity contribution in [1.82, 2.24) is 9.78 Å². The molecule has 0 radical (unpaired) electrons. The predicted molar refractivity (Wildman–Crippen MR) is 114 cm³/mol. The van der Waals surface area contributed by atoms with E-state index in [-0.39, 0.29) is 35.7 Å². The van der Waals surface area contributed by atoms with E-state index in [2.05, 4.69) is 31.2 Å². The highest BCUT2D eigenvalue weighted by atomic mass is 16.5. The van der Waals surface area contributed by atoms with Crippen molar-refractivity contribution in [3.63, 3.8) is 0 Å². The van der Waals surface area contributed by atoms with E-state index in [1.807, 2.05) is 54.6 Å². The third-order valence-corrected chi connectivity index (χ3v) is 4.42. The van der Waals surface area contributed by atoms with Crippen LogP contribution in [0, 0.1) is 0 Å². The summed E-state index contributed by atoms with van der Waals surface area (Å²) in [6.07, 6.45) is 0. The molecule has 150 valence electrons. The fourth-order valence-corrected chi connectivity index (χ4v) is 2.75. The number of rotatable bonds is 6. The molecule has 0 aliphatic heterocycles. The molecular weight excluding hydrogens is 366 g/mol. The molecule has 0 atom stereocenters. The molecule has 0 fully saturated rings. The van der Waals surface area contributed by atoms with Gasteiger partial charge in [-0.1, -0.05) is 51.1 Å². The SMILES string of the molecule is CC(C)(C)c1ccc(NC(=O)c2ccc(=O)n(CCOc3ccccc3)n2)cc1. The largest absolute Gasteiger partial charge is 0.492 e. The van der Waals surface area contributed by atoms with Crippen molar-refractivity contribution in [2.24, 2.45) is 0 Å². The lowest BCUT2D eigenvalue weighted by molar-refractivity contribution is 0.101. The van der Waals surface area contributed by atoms with E-state index in [0.717, 1.165) is 0 Å². The Balaban J connectivity index is 1.65. The minimum Gasteiger partial charge on any atom is -0.492 e. The molecule has 0 bridgehead atoms. The first-order valence-electron chi connectivity index (χ1n) is 9.51. The molecule has 3 rings (SSSR count). The fraction of sp³-hybridized carbons (Fsp3) is 0.261. The summed E-state index contributed by atoms with van der Waals surface area (Å²) in [5.41, 5.74) is 1.79. The molecule has 1 heterocycles. The van der Waals surface area contributed by atoms with E-state index in [1.165, 1.54) is 22.4 Å². The number of carbonyl (C=O) groups excluding carboxylic acids is 1. The highest BCUT2D eigenvalue weighted by Crippen LogP contribution is 2.23. The highest BCUT2D eigenvalue weighted by Gasteiger charge is 2.14. The Morgan fingerprint density at radius 2 is 1.69 bits per heavy atom. The van der Waals surface area contributed by atoms with Gasteiger partial charge in [0.25, 0.3) is 11.5 Å². The van der Waals surface area contributed by atoms with Crippen LogP contribution in [0.2, 0.25) is 0 Å². The van der Waals surface area contributed by atoms with Gasteiger partial charge in [-0.3, -0.25) is 9.59 Å². The Morgan fingerprint density at radius 3 is 2.34 bits per heavy atom.